The number of ether oxygens (including phenoxy) is 1. The number of para-hydroxylation sites is 1. The zero-order chi connectivity index (χ0) is 17.1. The molecule has 120 valence electrons. The minimum Gasteiger partial charge on any atom is -0.465 e. The van der Waals surface area contributed by atoms with E-state index in [-0.39, 0.29) is 5.91 Å². The Morgan fingerprint density at radius 1 is 0.875 bits per heavy atom. The summed E-state index contributed by atoms with van der Waals surface area (Å²) in [4.78, 5) is 25.9. The van der Waals surface area contributed by atoms with Gasteiger partial charge in [-0.2, -0.15) is 0 Å². The first kappa shape index (κ1) is 15.7. The summed E-state index contributed by atoms with van der Waals surface area (Å²) in [6, 6.07) is 20.6. The maximum Gasteiger partial charge on any atom is 0.339 e. The average Bonchev–Trinajstić information content (AvgIpc) is 2.61. The van der Waals surface area contributed by atoms with Gasteiger partial charge in [0.15, 0.2) is 0 Å². The third-order valence-corrected chi connectivity index (χ3v) is 3.86. The lowest BCUT2D eigenvalue weighted by molar-refractivity contribution is -0.115. The first-order valence-electron chi connectivity index (χ1n) is 7.58. The highest BCUT2D eigenvalue weighted by Crippen LogP contribution is 2.31. The number of carbonyl (C=O) groups excluding carboxylic acids is 2. The Morgan fingerprint density at radius 2 is 1.54 bits per heavy atom. The van der Waals surface area contributed by atoms with Crippen LogP contribution in [0.5, 0.6) is 0 Å². The molecule has 0 saturated carbocycles. The lowest BCUT2D eigenvalue weighted by atomic mass is 10.1. The van der Waals surface area contributed by atoms with E-state index in [0.29, 0.717) is 16.9 Å². The lowest BCUT2D eigenvalue weighted by Crippen LogP contribution is -2.25. The van der Waals surface area contributed by atoms with Crippen molar-refractivity contribution in [2.45, 2.75) is 6.92 Å². The molecule has 24 heavy (non-hydrogen) atoms. The quantitative estimate of drug-likeness (QED) is 0.676. The number of amides is 1. The van der Waals surface area contributed by atoms with Crippen molar-refractivity contribution < 1.29 is 14.3 Å². The topological polar surface area (TPSA) is 46.6 Å². The predicted octanol–water partition coefficient (Wildman–Crippen LogP) is 4.31. The van der Waals surface area contributed by atoms with Crippen molar-refractivity contribution in [3.63, 3.8) is 0 Å². The molecule has 0 saturated heterocycles. The van der Waals surface area contributed by atoms with Crippen LogP contribution in [-0.4, -0.2) is 19.0 Å². The number of benzene rings is 3. The largest absolute Gasteiger partial charge is 0.465 e. The van der Waals surface area contributed by atoms with Gasteiger partial charge >= 0.3 is 5.97 Å². The zero-order valence-electron chi connectivity index (χ0n) is 13.5. The van der Waals surface area contributed by atoms with E-state index in [9.17, 15) is 9.59 Å². The molecule has 4 nitrogen and oxygen atoms in total. The molecule has 3 aromatic rings. The highest BCUT2D eigenvalue weighted by Gasteiger charge is 2.21. The maximum absolute atomic E-state index is 12.3. The van der Waals surface area contributed by atoms with Crippen LogP contribution in [0.2, 0.25) is 0 Å². The second-order valence-corrected chi connectivity index (χ2v) is 5.39. The third kappa shape index (κ3) is 2.86. The number of esters is 1. The fourth-order valence-corrected chi connectivity index (χ4v) is 2.76. The smallest absolute Gasteiger partial charge is 0.339 e. The summed E-state index contributed by atoms with van der Waals surface area (Å²) >= 11 is 0. The molecule has 0 aliphatic carbocycles. The molecule has 0 aromatic heterocycles. The van der Waals surface area contributed by atoms with Crippen LogP contribution in [0.25, 0.3) is 10.8 Å². The van der Waals surface area contributed by atoms with Crippen molar-refractivity contribution in [2.24, 2.45) is 0 Å². The standard InChI is InChI=1S/C20H17NO3/c1-14(22)21(19-10-6-5-9-18(19)20(23)24-2)17-12-11-15-7-3-4-8-16(15)13-17/h3-13H,1-2H3. The van der Waals surface area contributed by atoms with Crippen LogP contribution in [0.15, 0.2) is 66.7 Å². The molecule has 4 heteroatoms. The molecule has 0 heterocycles. The molecule has 0 spiro atoms. The van der Waals surface area contributed by atoms with E-state index in [1.54, 1.807) is 24.3 Å². The van der Waals surface area contributed by atoms with Crippen LogP contribution in [0.1, 0.15) is 17.3 Å². The normalized spacial score (nSPS) is 10.4. The van der Waals surface area contributed by atoms with Crippen LogP contribution < -0.4 is 4.90 Å². The van der Waals surface area contributed by atoms with Crippen molar-refractivity contribution in [3.05, 3.63) is 72.3 Å². The number of anilines is 2. The van der Waals surface area contributed by atoms with Gasteiger partial charge in [-0.1, -0.05) is 42.5 Å². The van der Waals surface area contributed by atoms with Crippen LogP contribution in [0.4, 0.5) is 11.4 Å². The summed E-state index contributed by atoms with van der Waals surface area (Å²) in [5.41, 5.74) is 1.56. The van der Waals surface area contributed by atoms with E-state index < -0.39 is 5.97 Å². The van der Waals surface area contributed by atoms with Gasteiger partial charge in [0.1, 0.15) is 0 Å². The first-order valence-corrected chi connectivity index (χ1v) is 7.58. The van der Waals surface area contributed by atoms with E-state index in [4.69, 9.17) is 4.74 Å². The molecular weight excluding hydrogens is 302 g/mol. The van der Waals surface area contributed by atoms with Crippen LogP contribution in [-0.2, 0) is 9.53 Å². The van der Waals surface area contributed by atoms with Gasteiger partial charge in [0.25, 0.3) is 0 Å². The Morgan fingerprint density at radius 3 is 2.25 bits per heavy atom. The van der Waals surface area contributed by atoms with E-state index in [1.165, 1.54) is 18.9 Å². The number of carbonyl (C=O) groups is 2. The molecule has 0 N–H and O–H groups in total. The summed E-state index contributed by atoms with van der Waals surface area (Å²) in [5.74, 6) is -0.653. The second-order valence-electron chi connectivity index (χ2n) is 5.39. The number of fused-ring (bicyclic) bond motifs is 1. The van der Waals surface area contributed by atoms with Gasteiger partial charge in [-0.05, 0) is 35.0 Å². The molecule has 0 fully saturated rings. The Hall–Kier alpha value is -3.14. The monoisotopic (exact) mass is 319 g/mol. The Kier molecular flexibility index (Phi) is 4.29. The summed E-state index contributed by atoms with van der Waals surface area (Å²) in [7, 11) is 1.33. The molecule has 0 aliphatic heterocycles. The van der Waals surface area contributed by atoms with Crippen molar-refractivity contribution in [3.8, 4) is 0 Å². The summed E-state index contributed by atoms with van der Waals surface area (Å²) < 4.78 is 4.84. The second kappa shape index (κ2) is 6.54. The van der Waals surface area contributed by atoms with Gasteiger partial charge in [0, 0.05) is 12.6 Å². The van der Waals surface area contributed by atoms with Crippen molar-refractivity contribution in [1.29, 1.82) is 0 Å². The highest BCUT2D eigenvalue weighted by molar-refractivity contribution is 6.07. The van der Waals surface area contributed by atoms with E-state index >= 15 is 0 Å². The number of rotatable bonds is 3. The molecule has 1 amide bonds. The zero-order valence-corrected chi connectivity index (χ0v) is 13.5. The predicted molar refractivity (Wildman–Crippen MR) is 94.5 cm³/mol. The van der Waals surface area contributed by atoms with Gasteiger partial charge in [0.05, 0.1) is 18.4 Å². The Balaban J connectivity index is 2.17. The summed E-state index contributed by atoms with van der Waals surface area (Å²) in [6.45, 7) is 1.48. The van der Waals surface area contributed by atoms with Gasteiger partial charge < -0.3 is 4.74 Å². The van der Waals surface area contributed by atoms with E-state index in [0.717, 1.165) is 10.8 Å². The lowest BCUT2D eigenvalue weighted by Gasteiger charge is -2.23. The summed E-state index contributed by atoms with van der Waals surface area (Å²) in [6.07, 6.45) is 0. The van der Waals surface area contributed by atoms with E-state index in [2.05, 4.69) is 0 Å². The molecule has 3 aromatic carbocycles. The molecule has 0 radical (unpaired) electrons. The number of methoxy groups -OCH3 is 1. The fraction of sp³-hybridized carbons (Fsp3) is 0.100. The number of hydrogen-bond donors (Lipinski definition) is 0. The van der Waals surface area contributed by atoms with Crippen LogP contribution >= 0.6 is 0 Å². The maximum atomic E-state index is 12.3. The first-order chi connectivity index (χ1) is 11.6. The highest BCUT2D eigenvalue weighted by atomic mass is 16.5. The third-order valence-electron chi connectivity index (χ3n) is 3.86. The molecular formula is C20H17NO3. The van der Waals surface area contributed by atoms with E-state index in [1.807, 2.05) is 42.5 Å². The van der Waals surface area contributed by atoms with Gasteiger partial charge in [0.2, 0.25) is 5.91 Å². The number of nitrogens with zero attached hydrogens (tertiary/aromatic N) is 1. The Bertz CT molecular complexity index is 917. The molecule has 0 aliphatic rings. The van der Waals surface area contributed by atoms with Gasteiger partial charge in [-0.3, -0.25) is 9.69 Å². The number of hydrogen-bond acceptors (Lipinski definition) is 3. The Labute approximate surface area is 140 Å². The molecule has 0 bridgehead atoms. The van der Waals surface area contributed by atoms with Gasteiger partial charge in [-0.15, -0.1) is 0 Å². The van der Waals surface area contributed by atoms with Crippen LogP contribution in [0.3, 0.4) is 0 Å². The molecule has 0 unspecified atom stereocenters. The van der Waals surface area contributed by atoms with Crippen molar-refractivity contribution in [2.75, 3.05) is 12.0 Å². The fourth-order valence-electron chi connectivity index (χ4n) is 2.76. The SMILES string of the molecule is COC(=O)c1ccccc1N(C(C)=O)c1ccc2ccccc2c1. The minimum absolute atomic E-state index is 0.179. The molecule has 0 atom stereocenters. The minimum atomic E-state index is -0.474. The summed E-state index contributed by atoms with van der Waals surface area (Å²) in [5, 5.41) is 2.11. The van der Waals surface area contributed by atoms with Crippen LogP contribution in [0, 0.1) is 0 Å². The van der Waals surface area contributed by atoms with Gasteiger partial charge in [-0.25, -0.2) is 4.79 Å². The molecule has 3 rings (SSSR count). The van der Waals surface area contributed by atoms with Crippen molar-refractivity contribution in [1.82, 2.24) is 0 Å². The van der Waals surface area contributed by atoms with Crippen molar-refractivity contribution >= 4 is 34.0 Å². The average molecular weight is 319 g/mol.